The van der Waals surface area contributed by atoms with E-state index in [2.05, 4.69) is 5.32 Å². The second-order valence-corrected chi connectivity index (χ2v) is 13.3. The van der Waals surface area contributed by atoms with E-state index < -0.39 is 15.9 Å². The van der Waals surface area contributed by atoms with Crippen LogP contribution in [-0.4, -0.2) is 71.1 Å². The maximum atomic E-state index is 13.6. The average molecular weight is 623 g/mol. The highest BCUT2D eigenvalue weighted by Crippen LogP contribution is 2.44. The van der Waals surface area contributed by atoms with Gasteiger partial charge in [0, 0.05) is 32.2 Å². The van der Waals surface area contributed by atoms with E-state index >= 15 is 0 Å². The molecule has 2 amide bonds. The Morgan fingerprint density at radius 2 is 1.82 bits per heavy atom. The van der Waals surface area contributed by atoms with E-state index in [-0.39, 0.29) is 24.0 Å². The lowest BCUT2D eigenvalue weighted by atomic mass is 9.87. The van der Waals surface area contributed by atoms with E-state index in [0.717, 1.165) is 28.5 Å². The van der Waals surface area contributed by atoms with E-state index in [4.69, 9.17) is 18.9 Å². The molecule has 1 unspecified atom stereocenters. The van der Waals surface area contributed by atoms with E-state index in [0.29, 0.717) is 74.1 Å². The molecule has 3 aromatic carbocycles. The molecule has 44 heavy (non-hydrogen) atoms. The summed E-state index contributed by atoms with van der Waals surface area (Å²) in [4.78, 5) is 27.8. The number of ether oxygens (including phenoxy) is 4. The molecule has 11 heteroatoms. The van der Waals surface area contributed by atoms with Crippen molar-refractivity contribution in [2.24, 2.45) is 0 Å². The molecule has 0 saturated carbocycles. The minimum atomic E-state index is -3.33. The number of hydrogen-bond acceptors (Lipinski definition) is 8. The maximum Gasteiger partial charge on any atom is 0.224 e. The summed E-state index contributed by atoms with van der Waals surface area (Å²) in [6, 6.07) is 16.5. The van der Waals surface area contributed by atoms with Crippen LogP contribution in [0.3, 0.4) is 0 Å². The Balaban J connectivity index is 1.61. The lowest BCUT2D eigenvalue weighted by Gasteiger charge is -2.38. The summed E-state index contributed by atoms with van der Waals surface area (Å²) in [5.74, 6) is 2.15. The highest BCUT2D eigenvalue weighted by molar-refractivity contribution is 7.90. The zero-order valence-corrected chi connectivity index (χ0v) is 26.1. The van der Waals surface area contributed by atoms with Crippen LogP contribution in [-0.2, 0) is 32.3 Å². The second kappa shape index (κ2) is 13.6. The van der Waals surface area contributed by atoms with Crippen molar-refractivity contribution in [1.82, 2.24) is 10.2 Å². The van der Waals surface area contributed by atoms with Crippen molar-refractivity contribution < 1.29 is 37.0 Å². The van der Waals surface area contributed by atoms with Crippen molar-refractivity contribution in [3.63, 3.8) is 0 Å². The normalized spacial score (nSPS) is 17.1. The highest BCUT2D eigenvalue weighted by Gasteiger charge is 2.34. The van der Waals surface area contributed by atoms with Crippen LogP contribution in [0.15, 0.2) is 54.6 Å². The molecule has 0 saturated heterocycles. The third-order valence-electron chi connectivity index (χ3n) is 7.83. The fourth-order valence-corrected chi connectivity index (χ4v) is 6.15. The fraction of sp³-hybridized carbons (Fsp3) is 0.394. The topological polar surface area (TPSA) is 120 Å². The van der Waals surface area contributed by atoms with Crippen molar-refractivity contribution in [3.05, 3.63) is 76.9 Å². The summed E-state index contributed by atoms with van der Waals surface area (Å²) in [5, 5.41) is 2.95. The first-order valence-electron chi connectivity index (χ1n) is 14.7. The van der Waals surface area contributed by atoms with Gasteiger partial charge < -0.3 is 29.2 Å². The van der Waals surface area contributed by atoms with E-state index in [1.165, 1.54) is 0 Å². The Bertz CT molecular complexity index is 1640. The van der Waals surface area contributed by atoms with Crippen LogP contribution in [0.5, 0.6) is 28.7 Å². The number of fused-ring (bicyclic) bond motifs is 8. The summed E-state index contributed by atoms with van der Waals surface area (Å²) >= 11 is 0. The van der Waals surface area contributed by atoms with Crippen molar-refractivity contribution in [2.75, 3.05) is 45.9 Å². The van der Waals surface area contributed by atoms with Gasteiger partial charge >= 0.3 is 0 Å². The van der Waals surface area contributed by atoms with E-state index in [1.807, 2.05) is 48.5 Å². The summed E-state index contributed by atoms with van der Waals surface area (Å²) in [6.07, 6.45) is 3.06. The van der Waals surface area contributed by atoms with Crippen molar-refractivity contribution in [2.45, 2.75) is 38.1 Å². The minimum absolute atomic E-state index is 0.0437. The smallest absolute Gasteiger partial charge is 0.224 e. The summed E-state index contributed by atoms with van der Waals surface area (Å²) in [6.45, 7) is 1.20. The number of rotatable bonds is 5. The van der Waals surface area contributed by atoms with Crippen LogP contribution in [0.4, 0.5) is 0 Å². The van der Waals surface area contributed by atoms with Crippen LogP contribution in [0.2, 0.25) is 0 Å². The van der Waals surface area contributed by atoms with Gasteiger partial charge in [0.15, 0.2) is 23.0 Å². The third kappa shape index (κ3) is 7.45. The molecule has 3 aliphatic rings. The van der Waals surface area contributed by atoms with Gasteiger partial charge in [-0.3, -0.25) is 9.59 Å². The number of nitrogens with one attached hydrogen (secondary N) is 1. The Kier molecular flexibility index (Phi) is 9.63. The Morgan fingerprint density at radius 3 is 2.59 bits per heavy atom. The molecular weight excluding hydrogens is 584 g/mol. The van der Waals surface area contributed by atoms with Crippen LogP contribution in [0.25, 0.3) is 0 Å². The van der Waals surface area contributed by atoms with Gasteiger partial charge in [0.1, 0.15) is 15.6 Å². The summed E-state index contributed by atoms with van der Waals surface area (Å²) in [5.41, 5.74) is 3.59. The average Bonchev–Trinajstić information content (AvgIpc) is 3.01. The van der Waals surface area contributed by atoms with Crippen LogP contribution < -0.4 is 24.3 Å². The summed E-state index contributed by atoms with van der Waals surface area (Å²) < 4.78 is 47.6. The van der Waals surface area contributed by atoms with Gasteiger partial charge in [-0.05, 0) is 77.9 Å². The molecule has 234 valence electrons. The Morgan fingerprint density at radius 1 is 1.00 bits per heavy atom. The molecule has 8 bridgehead atoms. The van der Waals surface area contributed by atoms with Gasteiger partial charge in [0.25, 0.3) is 0 Å². The van der Waals surface area contributed by atoms with Gasteiger partial charge in [0.05, 0.1) is 32.6 Å². The SMILES string of the molecule is COc1ccc2cc1OCCCNC(=O)CCc1cccc(c1)Oc1cc3c(cc1OC)C2N(C(=O)CCS(C)(=O)=O)CC3. The Hall–Kier alpha value is -4.25. The molecule has 0 aromatic heterocycles. The molecule has 3 heterocycles. The number of carbonyl (C=O) groups is 2. The maximum absolute atomic E-state index is 13.6. The molecule has 1 N–H and O–H groups in total. The standard InChI is InChI=1S/C33H38N2O8S/c1-40-27-10-9-24-20-29(27)42-16-5-14-34-31(36)11-8-22-6-4-7-25(18-22)43-30-19-23-12-15-35(32(37)13-17-44(3,38)39)33(24)26(23)21-28(30)41-2/h4,6-7,9-10,18-21,33H,5,8,11-17H2,1-3H3,(H,34,36). The zero-order valence-electron chi connectivity index (χ0n) is 25.3. The number of hydrogen-bond donors (Lipinski definition) is 1. The number of aryl methyl sites for hydroxylation is 1. The van der Waals surface area contributed by atoms with Crippen LogP contribution >= 0.6 is 0 Å². The van der Waals surface area contributed by atoms with Gasteiger partial charge in [-0.1, -0.05) is 18.2 Å². The molecule has 0 fully saturated rings. The minimum Gasteiger partial charge on any atom is -0.493 e. The highest BCUT2D eigenvalue weighted by atomic mass is 32.2. The molecule has 6 rings (SSSR count). The van der Waals surface area contributed by atoms with Crippen molar-refractivity contribution in [3.8, 4) is 28.7 Å². The van der Waals surface area contributed by atoms with Crippen molar-refractivity contribution >= 4 is 21.7 Å². The predicted octanol–water partition coefficient (Wildman–Crippen LogP) is 4.24. The zero-order chi connectivity index (χ0) is 31.3. The van der Waals surface area contributed by atoms with Crippen molar-refractivity contribution in [1.29, 1.82) is 0 Å². The lowest BCUT2D eigenvalue weighted by Crippen LogP contribution is -2.41. The molecule has 0 spiro atoms. The monoisotopic (exact) mass is 622 g/mol. The van der Waals surface area contributed by atoms with Gasteiger partial charge in [0.2, 0.25) is 11.8 Å². The van der Waals surface area contributed by atoms with E-state index in [1.54, 1.807) is 25.2 Å². The number of nitrogens with zero attached hydrogens (tertiary/aromatic N) is 1. The largest absolute Gasteiger partial charge is 0.493 e. The van der Waals surface area contributed by atoms with E-state index in [9.17, 15) is 18.0 Å². The van der Waals surface area contributed by atoms with Gasteiger partial charge in [-0.25, -0.2) is 8.42 Å². The molecule has 0 aliphatic carbocycles. The number of methoxy groups -OCH3 is 2. The molecule has 10 nitrogen and oxygen atoms in total. The van der Waals surface area contributed by atoms with Gasteiger partial charge in [-0.2, -0.15) is 0 Å². The molecule has 0 radical (unpaired) electrons. The quantitative estimate of drug-likeness (QED) is 0.449. The van der Waals surface area contributed by atoms with Crippen LogP contribution in [0, 0.1) is 0 Å². The molecule has 3 aromatic rings. The summed E-state index contributed by atoms with van der Waals surface area (Å²) in [7, 11) is -0.204. The number of sulfone groups is 1. The first kappa shape index (κ1) is 31.2. The number of benzene rings is 3. The molecular formula is C33H38N2O8S. The lowest BCUT2D eigenvalue weighted by molar-refractivity contribution is -0.132. The van der Waals surface area contributed by atoms with Gasteiger partial charge in [-0.15, -0.1) is 0 Å². The second-order valence-electron chi connectivity index (χ2n) is 11.0. The fourth-order valence-electron chi connectivity index (χ4n) is 5.61. The Labute approximate surface area is 258 Å². The third-order valence-corrected chi connectivity index (χ3v) is 8.78. The number of carbonyl (C=O) groups excluding carboxylic acids is 2. The molecule has 3 aliphatic heterocycles. The van der Waals surface area contributed by atoms with Crippen LogP contribution in [0.1, 0.15) is 47.6 Å². The first-order valence-corrected chi connectivity index (χ1v) is 16.7. The predicted molar refractivity (Wildman–Crippen MR) is 166 cm³/mol. The first-order chi connectivity index (χ1) is 21.1. The molecule has 1 atom stereocenters. The number of amides is 2.